The normalized spacial score (nSPS) is 20.3. The van der Waals surface area contributed by atoms with Crippen molar-refractivity contribution in [3.05, 3.63) is 54.1 Å². The van der Waals surface area contributed by atoms with Gasteiger partial charge in [0, 0.05) is 6.04 Å². The zero-order valence-electron chi connectivity index (χ0n) is 13.8. The summed E-state index contributed by atoms with van der Waals surface area (Å²) in [5, 5.41) is 8.52. The van der Waals surface area contributed by atoms with Gasteiger partial charge < -0.3 is 5.73 Å². The van der Waals surface area contributed by atoms with Crippen LogP contribution in [-0.4, -0.2) is 19.7 Å². The van der Waals surface area contributed by atoms with E-state index in [1.54, 1.807) is 24.3 Å². The molecular formula is C19H21ClN2O2S. The summed E-state index contributed by atoms with van der Waals surface area (Å²) in [7, 11) is -3.29. The number of hydrogen-bond donors (Lipinski definition) is 1. The van der Waals surface area contributed by atoms with Gasteiger partial charge in [-0.05, 0) is 61.1 Å². The largest absolute Gasteiger partial charge is 0.328 e. The van der Waals surface area contributed by atoms with E-state index in [4.69, 9.17) is 11.0 Å². The molecule has 0 radical (unpaired) electrons. The van der Waals surface area contributed by atoms with Crippen LogP contribution in [-0.2, 0) is 9.84 Å². The number of nitrogens with two attached hydrogens (primary N) is 1. The third kappa shape index (κ3) is 4.21. The summed E-state index contributed by atoms with van der Waals surface area (Å²) in [5.41, 5.74) is 8.37. The fraction of sp³-hybridized carbons (Fsp3) is 0.316. The van der Waals surface area contributed by atoms with Crippen LogP contribution in [0.15, 0.2) is 53.4 Å². The summed E-state index contributed by atoms with van der Waals surface area (Å²) in [4.78, 5) is 0.375. The first kappa shape index (κ1) is 19.5. The van der Waals surface area contributed by atoms with Crippen LogP contribution >= 0.6 is 12.4 Å². The van der Waals surface area contributed by atoms with Gasteiger partial charge in [0.05, 0.1) is 21.8 Å². The molecule has 0 saturated heterocycles. The molecule has 2 N–H and O–H groups in total. The Morgan fingerprint density at radius 3 is 1.84 bits per heavy atom. The van der Waals surface area contributed by atoms with Gasteiger partial charge in [-0.25, -0.2) is 8.42 Å². The Hall–Kier alpha value is -1.87. The lowest BCUT2D eigenvalue weighted by molar-refractivity contribution is 0.434. The average molecular weight is 377 g/mol. The molecule has 0 amide bonds. The van der Waals surface area contributed by atoms with Crippen molar-refractivity contribution in [1.29, 1.82) is 5.26 Å². The molecule has 0 aliphatic heterocycles. The van der Waals surface area contributed by atoms with E-state index in [1.807, 2.05) is 24.3 Å². The van der Waals surface area contributed by atoms with Crippen molar-refractivity contribution in [2.45, 2.75) is 41.9 Å². The van der Waals surface area contributed by atoms with Crippen molar-refractivity contribution in [3.8, 4) is 17.2 Å². The predicted octanol–water partition coefficient (Wildman–Crippen LogP) is 3.69. The number of hydrogen-bond acceptors (Lipinski definition) is 4. The Morgan fingerprint density at radius 1 is 0.880 bits per heavy atom. The van der Waals surface area contributed by atoms with Gasteiger partial charge >= 0.3 is 0 Å². The van der Waals surface area contributed by atoms with Crippen molar-refractivity contribution in [2.75, 3.05) is 0 Å². The number of benzene rings is 2. The smallest absolute Gasteiger partial charge is 0.181 e. The molecule has 1 fully saturated rings. The van der Waals surface area contributed by atoms with E-state index in [9.17, 15) is 8.42 Å². The molecule has 1 aliphatic rings. The first-order valence-electron chi connectivity index (χ1n) is 8.11. The molecule has 6 heteroatoms. The highest BCUT2D eigenvalue weighted by Gasteiger charge is 2.30. The van der Waals surface area contributed by atoms with Gasteiger partial charge in [-0.15, -0.1) is 12.4 Å². The van der Waals surface area contributed by atoms with E-state index in [-0.39, 0.29) is 23.7 Å². The summed E-state index contributed by atoms with van der Waals surface area (Å²) < 4.78 is 25.5. The van der Waals surface area contributed by atoms with Crippen LogP contribution in [0.2, 0.25) is 0 Å². The van der Waals surface area contributed by atoms with Gasteiger partial charge in [-0.3, -0.25) is 0 Å². The molecule has 1 saturated carbocycles. The van der Waals surface area contributed by atoms with Crippen molar-refractivity contribution in [3.63, 3.8) is 0 Å². The fourth-order valence-corrected chi connectivity index (χ4v) is 4.96. The van der Waals surface area contributed by atoms with E-state index in [1.165, 1.54) is 0 Å². The van der Waals surface area contributed by atoms with Crippen LogP contribution in [0.25, 0.3) is 11.1 Å². The maximum Gasteiger partial charge on any atom is 0.181 e. The van der Waals surface area contributed by atoms with E-state index >= 15 is 0 Å². The summed E-state index contributed by atoms with van der Waals surface area (Å²) >= 11 is 0. The zero-order valence-corrected chi connectivity index (χ0v) is 15.4. The molecule has 2 aromatic rings. The van der Waals surface area contributed by atoms with Gasteiger partial charge in [-0.2, -0.15) is 5.26 Å². The molecule has 132 valence electrons. The van der Waals surface area contributed by atoms with Gasteiger partial charge in [0.2, 0.25) is 0 Å². The molecule has 2 aromatic carbocycles. The highest BCUT2D eigenvalue weighted by atomic mass is 35.5. The second-order valence-electron chi connectivity index (χ2n) is 6.30. The quantitative estimate of drug-likeness (QED) is 0.885. The zero-order chi connectivity index (χ0) is 17.2. The number of halogens is 1. The molecule has 0 bridgehead atoms. The highest BCUT2D eigenvalue weighted by molar-refractivity contribution is 7.92. The third-order valence-corrected chi connectivity index (χ3v) is 6.97. The van der Waals surface area contributed by atoms with Crippen LogP contribution in [0, 0.1) is 11.3 Å². The van der Waals surface area contributed by atoms with Gasteiger partial charge in [0.1, 0.15) is 0 Å². The molecule has 0 aromatic heterocycles. The topological polar surface area (TPSA) is 84.0 Å². The molecule has 0 unspecified atom stereocenters. The lowest BCUT2D eigenvalue weighted by Crippen LogP contribution is -2.33. The molecule has 3 rings (SSSR count). The number of sulfone groups is 1. The molecule has 0 atom stereocenters. The monoisotopic (exact) mass is 376 g/mol. The summed E-state index contributed by atoms with van der Waals surface area (Å²) in [5.74, 6) is 0. The molecule has 1 aliphatic carbocycles. The molecular weight excluding hydrogens is 356 g/mol. The summed E-state index contributed by atoms with van der Waals surface area (Å²) in [6.45, 7) is 0. The first-order chi connectivity index (χ1) is 11.5. The molecule has 4 nitrogen and oxygen atoms in total. The van der Waals surface area contributed by atoms with Crippen molar-refractivity contribution in [2.24, 2.45) is 5.73 Å². The second-order valence-corrected chi connectivity index (χ2v) is 8.52. The first-order valence-corrected chi connectivity index (χ1v) is 9.65. The van der Waals surface area contributed by atoms with E-state index in [0.717, 1.165) is 24.0 Å². The van der Waals surface area contributed by atoms with E-state index in [2.05, 4.69) is 6.07 Å². The van der Waals surface area contributed by atoms with Gasteiger partial charge in [0.25, 0.3) is 0 Å². The minimum absolute atomic E-state index is 0. The fourth-order valence-electron chi connectivity index (χ4n) is 3.17. The molecule has 0 heterocycles. The van der Waals surface area contributed by atoms with E-state index < -0.39 is 9.84 Å². The van der Waals surface area contributed by atoms with Crippen LogP contribution < -0.4 is 5.73 Å². The average Bonchev–Trinajstić information content (AvgIpc) is 2.62. The lowest BCUT2D eigenvalue weighted by atomic mass is 9.96. The minimum Gasteiger partial charge on any atom is -0.328 e. The minimum atomic E-state index is -3.29. The summed E-state index contributed by atoms with van der Waals surface area (Å²) in [6, 6.07) is 16.5. The number of nitrogens with zero attached hydrogens (tertiary/aromatic N) is 1. The Bertz CT molecular complexity index is 848. The van der Waals surface area contributed by atoms with Gasteiger partial charge in [-0.1, -0.05) is 24.3 Å². The third-order valence-electron chi connectivity index (χ3n) is 4.69. The van der Waals surface area contributed by atoms with Crippen LogP contribution in [0.4, 0.5) is 0 Å². The second kappa shape index (κ2) is 8.01. The number of nitriles is 1. The summed E-state index contributed by atoms with van der Waals surface area (Å²) in [6.07, 6.45) is 2.82. The Morgan fingerprint density at radius 2 is 1.36 bits per heavy atom. The lowest BCUT2D eigenvalue weighted by Gasteiger charge is -2.25. The number of rotatable bonds is 3. The van der Waals surface area contributed by atoms with E-state index in [0.29, 0.717) is 23.3 Å². The molecule has 25 heavy (non-hydrogen) atoms. The van der Waals surface area contributed by atoms with Crippen molar-refractivity contribution < 1.29 is 8.42 Å². The maximum atomic E-state index is 12.7. The Balaban J connectivity index is 0.00000225. The molecule has 0 spiro atoms. The van der Waals surface area contributed by atoms with Gasteiger partial charge in [0.15, 0.2) is 9.84 Å². The Kier molecular flexibility index (Phi) is 6.23. The van der Waals surface area contributed by atoms with Crippen LogP contribution in [0.3, 0.4) is 0 Å². The predicted molar refractivity (Wildman–Crippen MR) is 101 cm³/mol. The van der Waals surface area contributed by atoms with Crippen LogP contribution in [0.5, 0.6) is 0 Å². The maximum absolute atomic E-state index is 12.7. The van der Waals surface area contributed by atoms with Crippen LogP contribution in [0.1, 0.15) is 31.2 Å². The Labute approximate surface area is 155 Å². The SMILES string of the molecule is Cl.N#Cc1ccc(-c2ccc(S(=O)(=O)C3CCC(N)CC3)cc2)cc1. The standard InChI is InChI=1S/C19H20N2O2S.ClH/c20-13-14-1-3-15(4-2-14)16-5-9-18(10-6-16)24(22,23)19-11-7-17(21)8-12-19;/h1-6,9-10,17,19H,7-8,11-12,21H2;1H. The van der Waals surface area contributed by atoms with Crippen molar-refractivity contribution in [1.82, 2.24) is 0 Å². The highest BCUT2D eigenvalue weighted by Crippen LogP contribution is 2.29. The van der Waals surface area contributed by atoms with Crippen molar-refractivity contribution >= 4 is 22.2 Å².